The Labute approximate surface area is 286 Å². The number of alkyl carbamates (subject to hydrolysis) is 1. The first-order valence-corrected chi connectivity index (χ1v) is 18.0. The molecule has 1 amide bonds. The van der Waals surface area contributed by atoms with Crippen molar-refractivity contribution in [2.75, 3.05) is 32.9 Å². The van der Waals surface area contributed by atoms with Crippen molar-refractivity contribution in [2.45, 2.75) is 75.9 Å². The highest BCUT2D eigenvalue weighted by Crippen LogP contribution is 2.33. The number of carbonyl (C=O) groups excluding carboxylic acids is 2. The lowest BCUT2D eigenvalue weighted by atomic mass is 10.0. The van der Waals surface area contributed by atoms with Gasteiger partial charge in [-0.1, -0.05) is 49.3 Å². The van der Waals surface area contributed by atoms with Gasteiger partial charge in [-0.05, 0) is 55.5 Å². The van der Waals surface area contributed by atoms with E-state index >= 15 is 0 Å². The standard InChI is InChI=1S/C34H44N4O10S/c1-4-44-31(40)15-14-30-36-32(37-48-30)24-10-12-25(13-11-24)49(42,43)38(19-22(2)3)20-28(39)27(18-23-8-6-5-7-9-23)35-34(41)47-29-21-46-33-26(29)16-17-45-33/h5-13,22,26-29,33,39H,4,14-21H2,1-3H3,(H,35,41)/t26?,27-,28+,29?,33?/m0/s1. The second-order valence-electron chi connectivity index (χ2n) is 12.5. The molecule has 266 valence electrons. The fourth-order valence-electron chi connectivity index (χ4n) is 5.88. The van der Waals surface area contributed by atoms with Crippen LogP contribution >= 0.6 is 0 Å². The van der Waals surface area contributed by atoms with E-state index in [9.17, 15) is 23.1 Å². The molecule has 1 aromatic heterocycles. The minimum Gasteiger partial charge on any atom is -0.466 e. The molecule has 3 heterocycles. The highest BCUT2D eigenvalue weighted by molar-refractivity contribution is 7.89. The molecule has 2 N–H and O–H groups in total. The molecule has 0 bridgehead atoms. The number of aliphatic hydroxyl groups is 1. The summed E-state index contributed by atoms with van der Waals surface area (Å²) >= 11 is 0. The Morgan fingerprint density at radius 1 is 1.08 bits per heavy atom. The van der Waals surface area contributed by atoms with E-state index in [4.69, 9.17) is 23.5 Å². The first-order valence-electron chi connectivity index (χ1n) is 16.5. The fraction of sp³-hybridized carbons (Fsp3) is 0.529. The van der Waals surface area contributed by atoms with Crippen LogP contribution in [0.5, 0.6) is 0 Å². The van der Waals surface area contributed by atoms with E-state index in [1.807, 2.05) is 44.2 Å². The van der Waals surface area contributed by atoms with Crippen LogP contribution in [0.4, 0.5) is 4.79 Å². The topological polar surface area (TPSA) is 180 Å². The van der Waals surface area contributed by atoms with Crippen molar-refractivity contribution in [1.82, 2.24) is 19.8 Å². The van der Waals surface area contributed by atoms with E-state index in [-0.39, 0.29) is 86.3 Å². The lowest BCUT2D eigenvalue weighted by Crippen LogP contribution is -2.51. The minimum atomic E-state index is -4.09. The molecule has 2 aromatic carbocycles. The average molecular weight is 701 g/mol. The minimum absolute atomic E-state index is 0.0108. The van der Waals surface area contributed by atoms with Gasteiger partial charge in [0.15, 0.2) is 6.29 Å². The van der Waals surface area contributed by atoms with E-state index in [1.54, 1.807) is 19.1 Å². The Morgan fingerprint density at radius 3 is 2.55 bits per heavy atom. The van der Waals surface area contributed by atoms with Crippen molar-refractivity contribution in [2.24, 2.45) is 11.8 Å². The Morgan fingerprint density at radius 2 is 1.84 bits per heavy atom. The molecule has 3 aromatic rings. The molecule has 14 nitrogen and oxygen atoms in total. The van der Waals surface area contributed by atoms with E-state index in [1.165, 1.54) is 16.4 Å². The lowest BCUT2D eigenvalue weighted by molar-refractivity contribution is -0.143. The molecule has 2 saturated heterocycles. The number of aryl methyl sites for hydroxylation is 1. The molecule has 2 aliphatic rings. The maximum absolute atomic E-state index is 14.0. The second kappa shape index (κ2) is 16.7. The average Bonchev–Trinajstić information content (AvgIpc) is 3.83. The smallest absolute Gasteiger partial charge is 0.407 e. The number of aromatic nitrogens is 2. The van der Waals surface area contributed by atoms with Gasteiger partial charge in [0.05, 0.1) is 49.2 Å². The molecule has 0 radical (unpaired) electrons. The number of sulfonamides is 1. The number of carbonyl (C=O) groups is 2. The highest BCUT2D eigenvalue weighted by Gasteiger charge is 2.44. The van der Waals surface area contributed by atoms with Crippen molar-refractivity contribution < 1.29 is 46.6 Å². The van der Waals surface area contributed by atoms with E-state index in [0.717, 1.165) is 12.0 Å². The number of aliphatic hydroxyl groups excluding tert-OH is 1. The molecule has 2 fully saturated rings. The van der Waals surface area contributed by atoms with Crippen LogP contribution in [0.25, 0.3) is 11.4 Å². The normalized spacial score (nSPS) is 20.2. The summed E-state index contributed by atoms with van der Waals surface area (Å²) in [5.74, 6) is 0.0151. The summed E-state index contributed by atoms with van der Waals surface area (Å²) in [6.07, 6.45) is -1.60. The number of nitrogens with one attached hydrogen (secondary N) is 1. The summed E-state index contributed by atoms with van der Waals surface area (Å²) in [7, 11) is -4.09. The van der Waals surface area contributed by atoms with Crippen molar-refractivity contribution in [1.29, 1.82) is 0 Å². The first-order chi connectivity index (χ1) is 23.5. The third-order valence-electron chi connectivity index (χ3n) is 8.34. The fourth-order valence-corrected chi connectivity index (χ4v) is 7.50. The summed E-state index contributed by atoms with van der Waals surface area (Å²) in [6.45, 7) is 6.38. The van der Waals surface area contributed by atoms with Crippen LogP contribution in [0.15, 0.2) is 64.0 Å². The number of ether oxygens (including phenoxy) is 4. The van der Waals surface area contributed by atoms with Gasteiger partial charge in [0.25, 0.3) is 0 Å². The van der Waals surface area contributed by atoms with Gasteiger partial charge < -0.3 is 33.9 Å². The summed E-state index contributed by atoms with van der Waals surface area (Å²) in [6, 6.07) is 14.5. The van der Waals surface area contributed by atoms with Crippen LogP contribution in [0.1, 0.15) is 45.1 Å². The molecule has 2 aliphatic heterocycles. The third kappa shape index (κ3) is 9.63. The summed E-state index contributed by atoms with van der Waals surface area (Å²) in [4.78, 5) is 29.1. The van der Waals surface area contributed by atoms with Crippen molar-refractivity contribution in [3.05, 3.63) is 66.1 Å². The van der Waals surface area contributed by atoms with Crippen molar-refractivity contribution >= 4 is 22.1 Å². The second-order valence-corrected chi connectivity index (χ2v) is 14.5. The molecule has 0 spiro atoms. The monoisotopic (exact) mass is 700 g/mol. The maximum Gasteiger partial charge on any atom is 0.407 e. The van der Waals surface area contributed by atoms with Gasteiger partial charge in [-0.25, -0.2) is 13.2 Å². The summed E-state index contributed by atoms with van der Waals surface area (Å²) in [5, 5.41) is 18.3. The molecule has 15 heteroatoms. The predicted molar refractivity (Wildman–Crippen MR) is 175 cm³/mol. The highest BCUT2D eigenvalue weighted by atomic mass is 32.2. The number of esters is 1. The molecular weight excluding hydrogens is 656 g/mol. The Balaban J connectivity index is 1.28. The van der Waals surface area contributed by atoms with Gasteiger partial charge in [-0.2, -0.15) is 9.29 Å². The van der Waals surface area contributed by atoms with Gasteiger partial charge in [-0.15, -0.1) is 0 Å². The van der Waals surface area contributed by atoms with Gasteiger partial charge in [0.1, 0.15) is 6.10 Å². The van der Waals surface area contributed by atoms with Crippen LogP contribution in [0, 0.1) is 11.8 Å². The van der Waals surface area contributed by atoms with Crippen LogP contribution in [0.3, 0.4) is 0 Å². The Hall–Kier alpha value is -3.89. The molecule has 5 rings (SSSR count). The number of rotatable bonds is 16. The molecular formula is C34H44N4O10S. The number of fused-ring (bicyclic) bond motifs is 1. The quantitative estimate of drug-likeness (QED) is 0.209. The van der Waals surface area contributed by atoms with Gasteiger partial charge >= 0.3 is 12.1 Å². The molecule has 0 saturated carbocycles. The number of nitrogens with zero attached hydrogens (tertiary/aromatic N) is 3. The Kier molecular flexibility index (Phi) is 12.4. The zero-order valence-electron chi connectivity index (χ0n) is 27.9. The predicted octanol–water partition coefficient (Wildman–Crippen LogP) is 3.34. The van der Waals surface area contributed by atoms with Gasteiger partial charge in [0, 0.05) is 25.1 Å². The number of benzene rings is 2. The van der Waals surface area contributed by atoms with E-state index < -0.39 is 34.4 Å². The number of hydrogen-bond acceptors (Lipinski definition) is 12. The third-order valence-corrected chi connectivity index (χ3v) is 10.2. The van der Waals surface area contributed by atoms with Gasteiger partial charge in [0.2, 0.25) is 21.7 Å². The molecule has 0 aliphatic carbocycles. The van der Waals surface area contributed by atoms with Crippen LogP contribution in [-0.2, 0) is 46.6 Å². The summed E-state index contributed by atoms with van der Waals surface area (Å²) in [5.41, 5.74) is 1.37. The van der Waals surface area contributed by atoms with Crippen LogP contribution in [-0.4, -0.2) is 97.5 Å². The zero-order chi connectivity index (χ0) is 35.0. The molecule has 5 atom stereocenters. The Bertz CT molecular complexity index is 1630. The zero-order valence-corrected chi connectivity index (χ0v) is 28.7. The molecule has 49 heavy (non-hydrogen) atoms. The maximum atomic E-state index is 14.0. The first kappa shape index (κ1) is 36.4. The molecule has 3 unspecified atom stereocenters. The lowest BCUT2D eigenvalue weighted by Gasteiger charge is -2.31. The van der Waals surface area contributed by atoms with Gasteiger partial charge in [-0.3, -0.25) is 4.79 Å². The van der Waals surface area contributed by atoms with Crippen LogP contribution in [0.2, 0.25) is 0 Å². The number of amides is 1. The summed E-state index contributed by atoms with van der Waals surface area (Å²) < 4.78 is 56.2. The van der Waals surface area contributed by atoms with E-state index in [2.05, 4.69) is 15.5 Å². The SMILES string of the molecule is CCOC(=O)CCc1nc(-c2ccc(S(=O)(=O)N(CC(C)C)C[C@@H](O)[C@H](Cc3ccccc3)NC(=O)OC3COC4OCCC34)cc2)no1. The van der Waals surface area contributed by atoms with Crippen molar-refractivity contribution in [3.8, 4) is 11.4 Å². The van der Waals surface area contributed by atoms with Crippen molar-refractivity contribution in [3.63, 3.8) is 0 Å². The largest absolute Gasteiger partial charge is 0.466 e. The number of hydrogen-bond donors (Lipinski definition) is 2. The van der Waals surface area contributed by atoms with Crippen LogP contribution < -0.4 is 5.32 Å². The van der Waals surface area contributed by atoms with E-state index in [0.29, 0.717) is 12.2 Å².